The van der Waals surface area contributed by atoms with Crippen LogP contribution in [-0.2, 0) is 10.0 Å². The fourth-order valence-electron chi connectivity index (χ4n) is 3.13. The van der Waals surface area contributed by atoms with Crippen molar-refractivity contribution in [2.45, 2.75) is 11.3 Å². The van der Waals surface area contributed by atoms with Crippen LogP contribution in [0, 0.1) is 23.2 Å². The average Bonchev–Trinajstić information content (AvgIpc) is 2.47. The molecule has 1 N–H and O–H groups in total. The van der Waals surface area contributed by atoms with Gasteiger partial charge in [-0.05, 0) is 49.5 Å². The number of nitrogens with zero attached hydrogens (tertiary/aromatic N) is 2. The summed E-state index contributed by atoms with van der Waals surface area (Å²) >= 11 is 0. The maximum atomic E-state index is 12.7. The van der Waals surface area contributed by atoms with Gasteiger partial charge in [0.25, 0.3) is 0 Å². The molecule has 0 unspecified atom stereocenters. The largest absolute Gasteiger partial charge is 0.316 e. The number of sulfonamides is 1. The summed E-state index contributed by atoms with van der Waals surface area (Å²) < 4.78 is 27.0. The monoisotopic (exact) mass is 291 g/mol. The van der Waals surface area contributed by atoms with Crippen LogP contribution in [-0.4, -0.2) is 38.9 Å². The van der Waals surface area contributed by atoms with Crippen molar-refractivity contribution < 1.29 is 8.42 Å². The van der Waals surface area contributed by atoms with Crippen LogP contribution in [0.1, 0.15) is 12.0 Å². The second kappa shape index (κ2) is 5.17. The highest BCUT2D eigenvalue weighted by atomic mass is 32.2. The first kappa shape index (κ1) is 13.6. The molecule has 2 heterocycles. The number of benzene rings is 1. The highest BCUT2D eigenvalue weighted by Gasteiger charge is 2.36. The first-order valence-electron chi connectivity index (χ1n) is 6.80. The lowest BCUT2D eigenvalue weighted by Crippen LogP contribution is -2.52. The maximum absolute atomic E-state index is 12.7. The minimum Gasteiger partial charge on any atom is -0.316 e. The first-order chi connectivity index (χ1) is 9.59. The normalized spacial score (nSPS) is 26.9. The number of fused-ring (bicyclic) bond motifs is 2. The Balaban J connectivity index is 1.90. The Bertz CT molecular complexity index is 639. The quantitative estimate of drug-likeness (QED) is 0.874. The first-order valence-corrected chi connectivity index (χ1v) is 8.24. The molecule has 0 aromatic heterocycles. The Morgan fingerprint density at radius 3 is 2.60 bits per heavy atom. The van der Waals surface area contributed by atoms with E-state index in [1.54, 1.807) is 22.5 Å². The Morgan fingerprint density at radius 1 is 1.25 bits per heavy atom. The smallest absolute Gasteiger partial charge is 0.243 e. The number of hydrogen-bond donors (Lipinski definition) is 1. The topological polar surface area (TPSA) is 73.2 Å². The minimum absolute atomic E-state index is 0.226. The molecule has 0 radical (unpaired) electrons. The third-order valence-electron chi connectivity index (χ3n) is 4.06. The third-order valence-corrected chi connectivity index (χ3v) is 5.88. The van der Waals surface area contributed by atoms with Crippen molar-refractivity contribution >= 4 is 10.0 Å². The summed E-state index contributed by atoms with van der Waals surface area (Å²) in [4.78, 5) is 0.226. The van der Waals surface area contributed by atoms with E-state index in [0.29, 0.717) is 30.5 Å². The van der Waals surface area contributed by atoms with Gasteiger partial charge in [0.05, 0.1) is 16.5 Å². The second-order valence-electron chi connectivity index (χ2n) is 5.59. The second-order valence-corrected chi connectivity index (χ2v) is 7.53. The number of piperidine rings is 2. The molecule has 2 aliphatic heterocycles. The lowest BCUT2D eigenvalue weighted by molar-refractivity contribution is 0.158. The molecular formula is C14H17N3O2S. The van der Waals surface area contributed by atoms with Crippen LogP contribution in [0.25, 0.3) is 0 Å². The van der Waals surface area contributed by atoms with E-state index in [0.717, 1.165) is 19.5 Å². The van der Waals surface area contributed by atoms with Crippen molar-refractivity contribution in [1.82, 2.24) is 9.62 Å². The Morgan fingerprint density at radius 2 is 1.95 bits per heavy atom. The van der Waals surface area contributed by atoms with Gasteiger partial charge in [0.15, 0.2) is 0 Å². The molecule has 2 saturated heterocycles. The summed E-state index contributed by atoms with van der Waals surface area (Å²) in [5.74, 6) is 0.799. The fraction of sp³-hybridized carbons (Fsp3) is 0.500. The Labute approximate surface area is 119 Å². The number of nitriles is 1. The molecule has 3 rings (SSSR count). The standard InChI is InChI=1S/C14H17N3O2S/c15-6-11-2-1-3-14(5-11)20(18,19)17-9-12-4-13(10-17)8-16-7-12/h1-3,5,12-13,16H,4,7-10H2/t12-,13+. The van der Waals surface area contributed by atoms with Gasteiger partial charge in [-0.25, -0.2) is 8.42 Å². The van der Waals surface area contributed by atoms with E-state index in [-0.39, 0.29) is 4.90 Å². The number of rotatable bonds is 2. The molecule has 6 heteroatoms. The summed E-state index contributed by atoms with van der Waals surface area (Å²) in [6.45, 7) is 2.92. The van der Waals surface area contributed by atoms with E-state index in [9.17, 15) is 8.42 Å². The molecule has 0 aliphatic carbocycles. The summed E-state index contributed by atoms with van der Waals surface area (Å²) in [5, 5.41) is 12.3. The summed E-state index contributed by atoms with van der Waals surface area (Å²) in [6.07, 6.45) is 1.11. The molecule has 1 aromatic rings. The molecule has 20 heavy (non-hydrogen) atoms. The minimum atomic E-state index is -3.48. The van der Waals surface area contributed by atoms with Crippen LogP contribution in [0.3, 0.4) is 0 Å². The highest BCUT2D eigenvalue weighted by Crippen LogP contribution is 2.29. The van der Waals surface area contributed by atoms with Crippen LogP contribution in [0.4, 0.5) is 0 Å². The predicted molar refractivity (Wildman–Crippen MR) is 74.4 cm³/mol. The van der Waals surface area contributed by atoms with Crippen LogP contribution in [0.5, 0.6) is 0 Å². The lowest BCUT2D eigenvalue weighted by Gasteiger charge is -2.40. The molecule has 5 nitrogen and oxygen atoms in total. The number of nitrogens with one attached hydrogen (secondary N) is 1. The molecule has 0 amide bonds. The molecule has 0 saturated carbocycles. The van der Waals surface area contributed by atoms with Crippen molar-refractivity contribution in [2.24, 2.45) is 11.8 Å². The molecule has 2 atom stereocenters. The SMILES string of the molecule is N#Cc1cccc(S(=O)(=O)N2C[C@@H]3CNC[C@@H](C3)C2)c1. The molecule has 106 valence electrons. The van der Waals surface area contributed by atoms with Gasteiger partial charge < -0.3 is 5.32 Å². The van der Waals surface area contributed by atoms with Gasteiger partial charge in [-0.15, -0.1) is 0 Å². The molecule has 2 fully saturated rings. The fourth-order valence-corrected chi connectivity index (χ4v) is 4.77. The van der Waals surface area contributed by atoms with Gasteiger partial charge in [0.1, 0.15) is 0 Å². The van der Waals surface area contributed by atoms with Crippen LogP contribution in [0.2, 0.25) is 0 Å². The lowest BCUT2D eigenvalue weighted by atomic mass is 9.87. The van der Waals surface area contributed by atoms with E-state index in [2.05, 4.69) is 5.32 Å². The Hall–Kier alpha value is -1.42. The van der Waals surface area contributed by atoms with Gasteiger partial charge >= 0.3 is 0 Å². The Kier molecular flexibility index (Phi) is 3.50. The van der Waals surface area contributed by atoms with Crippen molar-refractivity contribution in [2.75, 3.05) is 26.2 Å². The van der Waals surface area contributed by atoms with Crippen molar-refractivity contribution in [1.29, 1.82) is 5.26 Å². The van der Waals surface area contributed by atoms with Gasteiger partial charge in [-0.1, -0.05) is 6.07 Å². The zero-order valence-electron chi connectivity index (χ0n) is 11.1. The molecule has 0 spiro atoms. The van der Waals surface area contributed by atoms with E-state index < -0.39 is 10.0 Å². The van der Waals surface area contributed by atoms with Gasteiger partial charge in [0.2, 0.25) is 10.0 Å². The van der Waals surface area contributed by atoms with Crippen LogP contribution < -0.4 is 5.32 Å². The highest BCUT2D eigenvalue weighted by molar-refractivity contribution is 7.89. The van der Waals surface area contributed by atoms with E-state index in [1.165, 1.54) is 6.07 Å². The zero-order valence-corrected chi connectivity index (χ0v) is 11.9. The van der Waals surface area contributed by atoms with Gasteiger partial charge in [-0.2, -0.15) is 9.57 Å². The molecular weight excluding hydrogens is 274 g/mol. The molecule has 2 bridgehead atoms. The summed E-state index contributed by atoms with van der Waals surface area (Å²) in [5.41, 5.74) is 0.380. The molecule has 2 aliphatic rings. The number of hydrogen-bond acceptors (Lipinski definition) is 4. The van der Waals surface area contributed by atoms with Crippen molar-refractivity contribution in [3.8, 4) is 6.07 Å². The van der Waals surface area contributed by atoms with Crippen LogP contribution >= 0.6 is 0 Å². The van der Waals surface area contributed by atoms with Crippen LogP contribution in [0.15, 0.2) is 29.2 Å². The third kappa shape index (κ3) is 2.44. The van der Waals surface area contributed by atoms with Gasteiger partial charge in [-0.3, -0.25) is 0 Å². The maximum Gasteiger partial charge on any atom is 0.243 e. The van der Waals surface area contributed by atoms with E-state index in [4.69, 9.17) is 5.26 Å². The van der Waals surface area contributed by atoms with E-state index in [1.807, 2.05) is 6.07 Å². The predicted octanol–water partition coefficient (Wildman–Crippen LogP) is 0.788. The van der Waals surface area contributed by atoms with Gasteiger partial charge in [0, 0.05) is 13.1 Å². The molecule has 1 aromatic carbocycles. The average molecular weight is 291 g/mol. The van der Waals surface area contributed by atoms with Crippen molar-refractivity contribution in [3.63, 3.8) is 0 Å². The van der Waals surface area contributed by atoms with E-state index >= 15 is 0 Å². The zero-order chi connectivity index (χ0) is 14.2. The summed E-state index contributed by atoms with van der Waals surface area (Å²) in [6, 6.07) is 8.26. The summed E-state index contributed by atoms with van der Waals surface area (Å²) in [7, 11) is -3.48. The van der Waals surface area contributed by atoms with Crippen molar-refractivity contribution in [3.05, 3.63) is 29.8 Å².